The van der Waals surface area contributed by atoms with E-state index in [0.717, 1.165) is 17.1 Å². The van der Waals surface area contributed by atoms with Crippen LogP contribution < -0.4 is 10.2 Å². The number of benzene rings is 3. The molecule has 0 spiro atoms. The standard InChI is InChI=1S/C28H30N2O4S/c1-28(2,3)34-26(31)18-33-25-15-11-21(12-16-25)17-29-30-27(32)24-13-9-23(10-14-24)20-35-19-22-7-5-4-6-8-22/h4-17H,18-20H2,1-3H3,(H,30,32)/b29-17+. The number of esters is 1. The molecule has 1 N–H and O–H groups in total. The summed E-state index contributed by atoms with van der Waals surface area (Å²) in [4.78, 5) is 24.1. The highest BCUT2D eigenvalue weighted by Crippen LogP contribution is 2.18. The number of carbonyl (C=O) groups is 2. The van der Waals surface area contributed by atoms with E-state index in [1.165, 1.54) is 11.1 Å². The first-order valence-electron chi connectivity index (χ1n) is 11.3. The number of hydrazone groups is 1. The van der Waals surface area contributed by atoms with E-state index < -0.39 is 11.6 Å². The monoisotopic (exact) mass is 490 g/mol. The Morgan fingerprint density at radius 2 is 1.51 bits per heavy atom. The fourth-order valence-electron chi connectivity index (χ4n) is 3.01. The lowest BCUT2D eigenvalue weighted by atomic mass is 10.1. The van der Waals surface area contributed by atoms with Gasteiger partial charge in [0.2, 0.25) is 0 Å². The molecule has 0 radical (unpaired) electrons. The van der Waals surface area contributed by atoms with Crippen LogP contribution in [0.4, 0.5) is 0 Å². The molecule has 182 valence electrons. The number of thioether (sulfide) groups is 1. The molecule has 0 fully saturated rings. The largest absolute Gasteiger partial charge is 0.482 e. The van der Waals surface area contributed by atoms with E-state index in [-0.39, 0.29) is 12.5 Å². The Morgan fingerprint density at radius 3 is 2.14 bits per heavy atom. The van der Waals surface area contributed by atoms with E-state index in [1.54, 1.807) is 63.4 Å². The van der Waals surface area contributed by atoms with Crippen molar-refractivity contribution in [2.75, 3.05) is 6.61 Å². The molecular weight excluding hydrogens is 460 g/mol. The Labute approximate surface area is 210 Å². The zero-order valence-corrected chi connectivity index (χ0v) is 21.0. The lowest BCUT2D eigenvalue weighted by Gasteiger charge is -2.19. The fourth-order valence-corrected chi connectivity index (χ4v) is 3.97. The van der Waals surface area contributed by atoms with Crippen molar-refractivity contribution in [3.8, 4) is 5.75 Å². The molecular formula is C28H30N2O4S. The number of carbonyl (C=O) groups excluding carboxylic acids is 2. The summed E-state index contributed by atoms with van der Waals surface area (Å²) in [5, 5.41) is 4.02. The van der Waals surface area contributed by atoms with E-state index >= 15 is 0 Å². The summed E-state index contributed by atoms with van der Waals surface area (Å²) in [5.74, 6) is 1.67. The van der Waals surface area contributed by atoms with Crippen LogP contribution in [0.15, 0.2) is 84.0 Å². The summed E-state index contributed by atoms with van der Waals surface area (Å²) < 4.78 is 10.6. The van der Waals surface area contributed by atoms with Crippen molar-refractivity contribution in [2.45, 2.75) is 37.9 Å². The molecule has 0 saturated heterocycles. The molecule has 0 unspecified atom stereocenters. The van der Waals surface area contributed by atoms with E-state index in [2.05, 4.69) is 22.7 Å². The van der Waals surface area contributed by atoms with Gasteiger partial charge in [-0.2, -0.15) is 16.9 Å². The summed E-state index contributed by atoms with van der Waals surface area (Å²) in [5.41, 5.74) is 5.79. The number of nitrogens with one attached hydrogen (secondary N) is 1. The van der Waals surface area contributed by atoms with Crippen molar-refractivity contribution in [3.63, 3.8) is 0 Å². The van der Waals surface area contributed by atoms with Gasteiger partial charge in [0.1, 0.15) is 11.4 Å². The van der Waals surface area contributed by atoms with Crippen molar-refractivity contribution < 1.29 is 19.1 Å². The van der Waals surface area contributed by atoms with Crippen LogP contribution in [-0.4, -0.2) is 30.3 Å². The molecule has 3 rings (SSSR count). The minimum absolute atomic E-state index is 0.161. The second kappa shape index (κ2) is 12.8. The van der Waals surface area contributed by atoms with Crippen LogP contribution in [0.25, 0.3) is 0 Å². The lowest BCUT2D eigenvalue weighted by molar-refractivity contribution is -0.157. The van der Waals surface area contributed by atoms with Crippen molar-refractivity contribution in [2.24, 2.45) is 5.10 Å². The molecule has 0 aliphatic heterocycles. The van der Waals surface area contributed by atoms with E-state index in [0.29, 0.717) is 11.3 Å². The highest BCUT2D eigenvalue weighted by Gasteiger charge is 2.16. The van der Waals surface area contributed by atoms with Gasteiger partial charge in [-0.1, -0.05) is 42.5 Å². The summed E-state index contributed by atoms with van der Waals surface area (Å²) in [7, 11) is 0. The molecule has 7 heteroatoms. The topological polar surface area (TPSA) is 77.0 Å². The Hall–Kier alpha value is -3.58. The van der Waals surface area contributed by atoms with E-state index in [9.17, 15) is 9.59 Å². The van der Waals surface area contributed by atoms with Crippen LogP contribution in [0.1, 0.15) is 47.8 Å². The first-order chi connectivity index (χ1) is 16.8. The number of rotatable bonds is 10. The van der Waals surface area contributed by atoms with Gasteiger partial charge in [-0.05, 0) is 73.9 Å². The molecule has 1 amide bonds. The maximum Gasteiger partial charge on any atom is 0.344 e. The smallest absolute Gasteiger partial charge is 0.344 e. The van der Waals surface area contributed by atoms with E-state index in [1.807, 2.05) is 42.1 Å². The lowest BCUT2D eigenvalue weighted by Crippen LogP contribution is -2.27. The molecule has 6 nitrogen and oxygen atoms in total. The van der Waals surface area contributed by atoms with Gasteiger partial charge in [-0.25, -0.2) is 10.2 Å². The van der Waals surface area contributed by atoms with Crippen LogP contribution in [-0.2, 0) is 21.0 Å². The number of nitrogens with zero attached hydrogens (tertiary/aromatic N) is 1. The molecule has 3 aromatic carbocycles. The van der Waals surface area contributed by atoms with Gasteiger partial charge in [0.05, 0.1) is 6.21 Å². The van der Waals surface area contributed by atoms with Gasteiger partial charge in [0.25, 0.3) is 5.91 Å². The van der Waals surface area contributed by atoms with Crippen molar-refractivity contribution in [1.29, 1.82) is 0 Å². The minimum Gasteiger partial charge on any atom is -0.482 e. The molecule has 0 aliphatic carbocycles. The number of amides is 1. The zero-order valence-electron chi connectivity index (χ0n) is 20.2. The van der Waals surface area contributed by atoms with Crippen molar-refractivity contribution in [3.05, 3.63) is 101 Å². The Balaban J connectivity index is 1.41. The first-order valence-corrected chi connectivity index (χ1v) is 12.4. The van der Waals surface area contributed by atoms with Crippen LogP contribution in [0.5, 0.6) is 5.75 Å². The third kappa shape index (κ3) is 9.66. The normalized spacial score (nSPS) is 11.3. The van der Waals surface area contributed by atoms with Crippen molar-refractivity contribution >= 4 is 29.9 Å². The number of hydrogen-bond acceptors (Lipinski definition) is 6. The zero-order chi connectivity index (χ0) is 25.1. The molecule has 0 aromatic heterocycles. The Bertz CT molecular complexity index is 1120. The maximum atomic E-state index is 12.4. The van der Waals surface area contributed by atoms with E-state index in [4.69, 9.17) is 9.47 Å². The third-order valence-electron chi connectivity index (χ3n) is 4.63. The maximum absolute atomic E-state index is 12.4. The van der Waals surface area contributed by atoms with Crippen LogP contribution in [0.3, 0.4) is 0 Å². The molecule has 0 aliphatic rings. The second-order valence-corrected chi connectivity index (χ2v) is 9.80. The summed E-state index contributed by atoms with van der Waals surface area (Å²) in [6, 6.07) is 24.9. The van der Waals surface area contributed by atoms with Gasteiger partial charge in [-0.15, -0.1) is 0 Å². The third-order valence-corrected chi connectivity index (χ3v) is 5.71. The van der Waals surface area contributed by atoms with Gasteiger partial charge < -0.3 is 9.47 Å². The highest BCUT2D eigenvalue weighted by atomic mass is 32.2. The minimum atomic E-state index is -0.547. The molecule has 3 aromatic rings. The Kier molecular flexibility index (Phi) is 9.49. The average Bonchev–Trinajstić information content (AvgIpc) is 2.83. The number of hydrogen-bond donors (Lipinski definition) is 1. The molecule has 0 saturated carbocycles. The predicted octanol–water partition coefficient (Wildman–Crippen LogP) is 5.60. The SMILES string of the molecule is CC(C)(C)OC(=O)COc1ccc(/C=N/NC(=O)c2ccc(CSCc3ccccc3)cc2)cc1. The average molecular weight is 491 g/mol. The van der Waals surface area contributed by atoms with Gasteiger partial charge in [-0.3, -0.25) is 4.79 Å². The van der Waals surface area contributed by atoms with Gasteiger partial charge in [0.15, 0.2) is 6.61 Å². The van der Waals surface area contributed by atoms with Crippen molar-refractivity contribution in [1.82, 2.24) is 5.43 Å². The van der Waals surface area contributed by atoms with Crippen LogP contribution >= 0.6 is 11.8 Å². The van der Waals surface area contributed by atoms with Crippen LogP contribution in [0, 0.1) is 0 Å². The van der Waals surface area contributed by atoms with Gasteiger partial charge in [0, 0.05) is 17.1 Å². The first kappa shape index (κ1) is 26.0. The second-order valence-electron chi connectivity index (χ2n) is 8.82. The summed E-state index contributed by atoms with van der Waals surface area (Å²) >= 11 is 1.84. The quantitative estimate of drug-likeness (QED) is 0.227. The van der Waals surface area contributed by atoms with Gasteiger partial charge >= 0.3 is 5.97 Å². The molecule has 0 heterocycles. The van der Waals surface area contributed by atoms with Crippen LogP contribution in [0.2, 0.25) is 0 Å². The Morgan fingerprint density at radius 1 is 0.886 bits per heavy atom. The highest BCUT2D eigenvalue weighted by molar-refractivity contribution is 7.97. The predicted molar refractivity (Wildman–Crippen MR) is 141 cm³/mol. The molecule has 0 atom stereocenters. The summed E-state index contributed by atoms with van der Waals surface area (Å²) in [6.45, 7) is 5.26. The summed E-state index contributed by atoms with van der Waals surface area (Å²) in [6.07, 6.45) is 1.55. The fraction of sp³-hybridized carbons (Fsp3) is 0.250. The molecule has 35 heavy (non-hydrogen) atoms. The number of ether oxygens (including phenoxy) is 2. The molecule has 0 bridgehead atoms.